The lowest BCUT2D eigenvalue weighted by molar-refractivity contribution is 0.630. The first kappa shape index (κ1) is 10.8. The molecule has 3 rings (SSSR count). The summed E-state index contributed by atoms with van der Waals surface area (Å²) >= 11 is 5.94. The maximum Gasteiger partial charge on any atom is 0.143 e. The lowest BCUT2D eigenvalue weighted by atomic mass is 10.0. The van der Waals surface area contributed by atoms with Crippen molar-refractivity contribution in [2.45, 2.75) is 6.42 Å². The van der Waals surface area contributed by atoms with Crippen LogP contribution in [0.1, 0.15) is 12.0 Å². The van der Waals surface area contributed by atoms with Crippen LogP contribution in [0, 0.1) is 5.82 Å². The van der Waals surface area contributed by atoms with Gasteiger partial charge in [0.25, 0.3) is 0 Å². The van der Waals surface area contributed by atoms with Crippen LogP contribution in [-0.2, 0) is 0 Å². The average Bonchev–Trinajstić information content (AvgIpc) is 2.79. The highest BCUT2D eigenvalue weighted by Crippen LogP contribution is 2.31. The zero-order valence-corrected chi connectivity index (χ0v) is 9.94. The molecule has 1 aliphatic rings. The highest BCUT2D eigenvalue weighted by atomic mass is 35.5. The van der Waals surface area contributed by atoms with Crippen LogP contribution >= 0.6 is 11.6 Å². The number of hydrogen-bond acceptors (Lipinski definition) is 1. The summed E-state index contributed by atoms with van der Waals surface area (Å²) in [5.74, 6) is -0.386. The number of benzene rings is 1. The highest BCUT2D eigenvalue weighted by molar-refractivity contribution is 6.35. The van der Waals surface area contributed by atoms with Crippen LogP contribution in [0.25, 0.3) is 16.5 Å². The molecule has 0 spiro atoms. The molecule has 17 heavy (non-hydrogen) atoms. The average molecular weight is 251 g/mol. The number of aromatic amines is 1. The fraction of sp³-hybridized carbons (Fsp3) is 0.231. The molecule has 4 heteroatoms. The molecule has 88 valence electrons. The SMILES string of the molecule is Fc1ccc2c(C3=CCCNC3)c[nH]c2c1Cl. The van der Waals surface area contributed by atoms with Crippen LogP contribution in [0.4, 0.5) is 4.39 Å². The third-order valence-electron chi connectivity index (χ3n) is 3.12. The van der Waals surface area contributed by atoms with Crippen LogP contribution in [0.5, 0.6) is 0 Å². The normalized spacial score (nSPS) is 16.2. The number of fused-ring (bicyclic) bond motifs is 1. The van der Waals surface area contributed by atoms with Crippen molar-refractivity contribution >= 4 is 28.1 Å². The van der Waals surface area contributed by atoms with E-state index in [4.69, 9.17) is 11.6 Å². The molecule has 0 atom stereocenters. The Morgan fingerprint density at radius 3 is 2.94 bits per heavy atom. The number of aromatic nitrogens is 1. The van der Waals surface area contributed by atoms with Gasteiger partial charge < -0.3 is 10.3 Å². The van der Waals surface area contributed by atoms with Crippen LogP contribution in [0.15, 0.2) is 24.4 Å². The van der Waals surface area contributed by atoms with Gasteiger partial charge in [0.2, 0.25) is 0 Å². The van der Waals surface area contributed by atoms with Gasteiger partial charge in [-0.2, -0.15) is 0 Å². The van der Waals surface area contributed by atoms with Gasteiger partial charge >= 0.3 is 0 Å². The van der Waals surface area contributed by atoms with E-state index in [1.54, 1.807) is 6.07 Å². The topological polar surface area (TPSA) is 27.8 Å². The van der Waals surface area contributed by atoms with Crippen molar-refractivity contribution < 1.29 is 4.39 Å². The minimum absolute atomic E-state index is 0.165. The van der Waals surface area contributed by atoms with E-state index in [1.807, 2.05) is 6.20 Å². The summed E-state index contributed by atoms with van der Waals surface area (Å²) in [5, 5.41) is 4.47. The monoisotopic (exact) mass is 250 g/mol. The van der Waals surface area contributed by atoms with Crippen molar-refractivity contribution in [3.8, 4) is 0 Å². The predicted octanol–water partition coefficient (Wildman–Crippen LogP) is 3.34. The second kappa shape index (κ2) is 4.17. The first-order valence-electron chi connectivity index (χ1n) is 5.62. The zero-order valence-electron chi connectivity index (χ0n) is 9.19. The summed E-state index contributed by atoms with van der Waals surface area (Å²) < 4.78 is 13.3. The Bertz CT molecular complexity index is 601. The molecule has 0 radical (unpaired) electrons. The fourth-order valence-corrected chi connectivity index (χ4v) is 2.47. The highest BCUT2D eigenvalue weighted by Gasteiger charge is 2.14. The molecule has 2 heterocycles. The number of rotatable bonds is 1. The Hall–Kier alpha value is -1.32. The Morgan fingerprint density at radius 2 is 2.18 bits per heavy atom. The molecule has 0 bridgehead atoms. The van der Waals surface area contributed by atoms with Gasteiger partial charge in [-0.15, -0.1) is 0 Å². The van der Waals surface area contributed by atoms with E-state index in [9.17, 15) is 4.39 Å². The van der Waals surface area contributed by atoms with Crippen molar-refractivity contribution in [3.63, 3.8) is 0 Å². The molecule has 0 amide bonds. The lowest BCUT2D eigenvalue weighted by Crippen LogP contribution is -2.21. The third-order valence-corrected chi connectivity index (χ3v) is 3.49. The molecule has 0 unspecified atom stereocenters. The largest absolute Gasteiger partial charge is 0.359 e. The van der Waals surface area contributed by atoms with Crippen molar-refractivity contribution in [2.75, 3.05) is 13.1 Å². The van der Waals surface area contributed by atoms with Crippen molar-refractivity contribution in [3.05, 3.63) is 40.8 Å². The molecule has 2 N–H and O–H groups in total. The lowest BCUT2D eigenvalue weighted by Gasteiger charge is -2.13. The summed E-state index contributed by atoms with van der Waals surface area (Å²) in [7, 11) is 0. The number of nitrogens with one attached hydrogen (secondary N) is 2. The van der Waals surface area contributed by atoms with Crippen LogP contribution in [-0.4, -0.2) is 18.1 Å². The van der Waals surface area contributed by atoms with Gasteiger partial charge in [0.1, 0.15) is 10.8 Å². The second-order valence-electron chi connectivity index (χ2n) is 4.18. The molecule has 1 aromatic carbocycles. The first-order valence-corrected chi connectivity index (χ1v) is 6.00. The fourth-order valence-electron chi connectivity index (χ4n) is 2.25. The number of halogens is 2. The van der Waals surface area contributed by atoms with E-state index in [-0.39, 0.29) is 10.8 Å². The van der Waals surface area contributed by atoms with Gasteiger partial charge in [0, 0.05) is 23.7 Å². The molecule has 2 nitrogen and oxygen atoms in total. The summed E-state index contributed by atoms with van der Waals surface area (Å²) in [5.41, 5.74) is 3.02. The molecule has 2 aromatic rings. The van der Waals surface area contributed by atoms with E-state index in [0.717, 1.165) is 30.5 Å². The number of hydrogen-bond donors (Lipinski definition) is 2. The van der Waals surface area contributed by atoms with Gasteiger partial charge in [0.05, 0.1) is 5.52 Å². The molecule has 0 aliphatic carbocycles. The third kappa shape index (κ3) is 1.75. The van der Waals surface area contributed by atoms with Gasteiger partial charge in [-0.3, -0.25) is 0 Å². The van der Waals surface area contributed by atoms with Crippen molar-refractivity contribution in [1.29, 1.82) is 0 Å². The standard InChI is InChI=1S/C13H12ClFN2/c14-12-11(15)4-3-9-10(7-17-13(9)12)8-2-1-5-16-6-8/h2-4,7,16-17H,1,5-6H2. The molecule has 1 aromatic heterocycles. The summed E-state index contributed by atoms with van der Waals surface area (Å²) in [6.07, 6.45) is 5.14. The van der Waals surface area contributed by atoms with Gasteiger partial charge in [0.15, 0.2) is 0 Å². The Labute approximate surface area is 103 Å². The molecule has 1 aliphatic heterocycles. The van der Waals surface area contributed by atoms with E-state index < -0.39 is 0 Å². The maximum atomic E-state index is 13.3. The van der Waals surface area contributed by atoms with Crippen LogP contribution < -0.4 is 5.32 Å². The quantitative estimate of drug-likeness (QED) is 0.798. The van der Waals surface area contributed by atoms with E-state index in [0.29, 0.717) is 5.52 Å². The van der Waals surface area contributed by atoms with E-state index in [2.05, 4.69) is 16.4 Å². The van der Waals surface area contributed by atoms with Crippen molar-refractivity contribution in [2.24, 2.45) is 0 Å². The Morgan fingerprint density at radius 1 is 1.29 bits per heavy atom. The summed E-state index contributed by atoms with van der Waals surface area (Å²) in [4.78, 5) is 3.05. The zero-order chi connectivity index (χ0) is 11.8. The van der Waals surface area contributed by atoms with Crippen LogP contribution in [0.3, 0.4) is 0 Å². The Balaban J connectivity index is 2.18. The smallest absolute Gasteiger partial charge is 0.143 e. The summed E-state index contributed by atoms with van der Waals surface area (Å²) in [6, 6.07) is 3.19. The van der Waals surface area contributed by atoms with E-state index in [1.165, 1.54) is 11.6 Å². The number of H-pyrrole nitrogens is 1. The minimum Gasteiger partial charge on any atom is -0.359 e. The van der Waals surface area contributed by atoms with Crippen molar-refractivity contribution in [1.82, 2.24) is 10.3 Å². The molecular weight excluding hydrogens is 239 g/mol. The van der Waals surface area contributed by atoms with E-state index >= 15 is 0 Å². The summed E-state index contributed by atoms with van der Waals surface area (Å²) in [6.45, 7) is 1.86. The van der Waals surface area contributed by atoms with Gasteiger partial charge in [-0.05, 0) is 30.7 Å². The predicted molar refractivity (Wildman–Crippen MR) is 68.7 cm³/mol. The van der Waals surface area contributed by atoms with Gasteiger partial charge in [-0.25, -0.2) is 4.39 Å². The van der Waals surface area contributed by atoms with Crippen LogP contribution in [0.2, 0.25) is 5.02 Å². The molecule has 0 saturated carbocycles. The maximum absolute atomic E-state index is 13.3. The Kier molecular flexibility index (Phi) is 2.65. The molecular formula is C13H12ClFN2. The minimum atomic E-state index is -0.386. The first-order chi connectivity index (χ1) is 8.27. The molecule has 0 saturated heterocycles. The molecule has 0 fully saturated rings. The van der Waals surface area contributed by atoms with Gasteiger partial charge in [-0.1, -0.05) is 17.7 Å². The second-order valence-corrected chi connectivity index (χ2v) is 4.56.